The summed E-state index contributed by atoms with van der Waals surface area (Å²) in [4.78, 5) is 29.9. The van der Waals surface area contributed by atoms with Gasteiger partial charge in [-0.05, 0) is 36.8 Å². The van der Waals surface area contributed by atoms with Crippen molar-refractivity contribution in [1.82, 2.24) is 10.3 Å². The molecule has 1 atom stereocenters. The monoisotopic (exact) mass is 315 g/mol. The van der Waals surface area contributed by atoms with E-state index in [1.165, 1.54) is 0 Å². The van der Waals surface area contributed by atoms with Crippen LogP contribution in [0.15, 0.2) is 18.3 Å². The number of imide groups is 1. The number of rotatable bonds is 3. The summed E-state index contributed by atoms with van der Waals surface area (Å²) >= 11 is 0. The van der Waals surface area contributed by atoms with Crippen LogP contribution in [0.25, 0.3) is 0 Å². The summed E-state index contributed by atoms with van der Waals surface area (Å²) in [5, 5.41) is 11.5. The van der Waals surface area contributed by atoms with Crippen LogP contribution in [0.2, 0.25) is 0 Å². The summed E-state index contributed by atoms with van der Waals surface area (Å²) < 4.78 is 0. The summed E-state index contributed by atoms with van der Waals surface area (Å²) in [5.74, 6) is 0.750. The van der Waals surface area contributed by atoms with Crippen molar-refractivity contribution >= 4 is 17.6 Å². The molecule has 2 N–H and O–H groups in total. The van der Waals surface area contributed by atoms with Crippen LogP contribution >= 0.6 is 0 Å². The second-order valence-electron chi connectivity index (χ2n) is 7.27. The van der Waals surface area contributed by atoms with E-state index in [2.05, 4.69) is 15.2 Å². The number of carbonyl (C=O) groups excluding carboxylic acids is 2. The van der Waals surface area contributed by atoms with Crippen molar-refractivity contribution < 1.29 is 14.7 Å². The molecule has 0 aromatic carbocycles. The van der Waals surface area contributed by atoms with E-state index in [0.717, 1.165) is 37.3 Å². The lowest BCUT2D eigenvalue weighted by atomic mass is 9.58. The molecular formula is C17H21N3O3. The number of piperidine rings is 1. The van der Waals surface area contributed by atoms with Crippen LogP contribution in [0.1, 0.15) is 37.2 Å². The van der Waals surface area contributed by atoms with Gasteiger partial charge in [-0.25, -0.2) is 4.98 Å². The molecule has 122 valence electrons. The molecule has 6 nitrogen and oxygen atoms in total. The molecule has 1 spiro atoms. The molecule has 1 saturated carbocycles. The lowest BCUT2D eigenvalue weighted by molar-refractivity contribution is -0.134. The first-order chi connectivity index (χ1) is 11.1. The zero-order valence-electron chi connectivity index (χ0n) is 13.0. The van der Waals surface area contributed by atoms with Gasteiger partial charge in [-0.15, -0.1) is 0 Å². The van der Waals surface area contributed by atoms with Gasteiger partial charge in [0.2, 0.25) is 11.8 Å². The molecule has 3 fully saturated rings. The van der Waals surface area contributed by atoms with E-state index in [9.17, 15) is 9.59 Å². The molecule has 0 radical (unpaired) electrons. The number of hydrogen-bond acceptors (Lipinski definition) is 5. The SMILES string of the molecule is O=C1CC[C@H](c2ccc(N3CC4(CC(CO)C4)C3)nc2)C(=O)N1. The number of carbonyl (C=O) groups is 2. The van der Waals surface area contributed by atoms with Gasteiger partial charge >= 0.3 is 0 Å². The number of aliphatic hydroxyl groups is 1. The Morgan fingerprint density at radius 3 is 2.70 bits per heavy atom. The molecule has 2 saturated heterocycles. The first-order valence-electron chi connectivity index (χ1n) is 8.24. The number of aromatic nitrogens is 1. The molecule has 1 aliphatic carbocycles. The fourth-order valence-electron chi connectivity index (χ4n) is 4.28. The van der Waals surface area contributed by atoms with Crippen molar-refractivity contribution in [1.29, 1.82) is 0 Å². The first kappa shape index (κ1) is 14.6. The van der Waals surface area contributed by atoms with Gasteiger partial charge in [-0.3, -0.25) is 14.9 Å². The van der Waals surface area contributed by atoms with Crippen molar-refractivity contribution in [3.05, 3.63) is 23.9 Å². The van der Waals surface area contributed by atoms with Crippen LogP contribution in [-0.4, -0.2) is 41.6 Å². The molecule has 3 aliphatic rings. The van der Waals surface area contributed by atoms with E-state index in [0.29, 0.717) is 30.8 Å². The van der Waals surface area contributed by atoms with Gasteiger partial charge in [0.15, 0.2) is 0 Å². The van der Waals surface area contributed by atoms with Crippen LogP contribution < -0.4 is 10.2 Å². The number of aliphatic hydroxyl groups excluding tert-OH is 1. The minimum absolute atomic E-state index is 0.191. The zero-order valence-corrected chi connectivity index (χ0v) is 13.0. The lowest BCUT2D eigenvalue weighted by Gasteiger charge is -2.59. The maximum Gasteiger partial charge on any atom is 0.234 e. The van der Waals surface area contributed by atoms with Gasteiger partial charge in [0.25, 0.3) is 0 Å². The number of pyridine rings is 1. The van der Waals surface area contributed by atoms with Crippen LogP contribution in [0.5, 0.6) is 0 Å². The second-order valence-corrected chi connectivity index (χ2v) is 7.27. The minimum atomic E-state index is -0.270. The number of nitrogens with one attached hydrogen (secondary N) is 1. The molecule has 6 heteroatoms. The molecule has 3 heterocycles. The van der Waals surface area contributed by atoms with Crippen LogP contribution in [0.4, 0.5) is 5.82 Å². The molecule has 0 bridgehead atoms. The predicted molar refractivity (Wildman–Crippen MR) is 83.8 cm³/mol. The van der Waals surface area contributed by atoms with Crippen molar-refractivity contribution in [2.75, 3.05) is 24.6 Å². The van der Waals surface area contributed by atoms with Crippen LogP contribution in [-0.2, 0) is 9.59 Å². The first-order valence-corrected chi connectivity index (χ1v) is 8.24. The Labute approximate surface area is 134 Å². The Bertz CT molecular complexity index is 629. The standard InChI is InChI=1S/C17H21N3O3/c21-8-11-5-17(6-11)9-20(10-17)14-3-1-12(7-18-14)13-2-4-15(22)19-16(13)23/h1,3,7,11,13,21H,2,4-6,8-10H2,(H,19,22,23)/t13-/m1/s1. The highest BCUT2D eigenvalue weighted by molar-refractivity contribution is 6.00. The summed E-state index contributed by atoms with van der Waals surface area (Å²) in [6, 6.07) is 3.92. The molecule has 1 aromatic heterocycles. The molecule has 0 unspecified atom stereocenters. The summed E-state index contributed by atoms with van der Waals surface area (Å²) in [6.45, 7) is 2.32. The van der Waals surface area contributed by atoms with Gasteiger partial charge in [0.1, 0.15) is 5.82 Å². The Balaban J connectivity index is 1.38. The Hall–Kier alpha value is -1.95. The number of amides is 2. The summed E-state index contributed by atoms with van der Waals surface area (Å²) in [5.41, 5.74) is 1.27. The maximum absolute atomic E-state index is 11.9. The third-order valence-electron chi connectivity index (χ3n) is 5.49. The minimum Gasteiger partial charge on any atom is -0.396 e. The van der Waals surface area contributed by atoms with E-state index in [-0.39, 0.29) is 17.7 Å². The van der Waals surface area contributed by atoms with Crippen molar-refractivity contribution in [2.45, 2.75) is 31.6 Å². The van der Waals surface area contributed by atoms with E-state index in [4.69, 9.17) is 5.11 Å². The van der Waals surface area contributed by atoms with Crippen molar-refractivity contribution in [3.63, 3.8) is 0 Å². The molecule has 1 aromatic rings. The van der Waals surface area contributed by atoms with Crippen molar-refractivity contribution in [3.8, 4) is 0 Å². The highest BCUT2D eigenvalue weighted by Gasteiger charge is 2.52. The molecule has 4 rings (SSSR count). The fourth-order valence-corrected chi connectivity index (χ4v) is 4.28. The average molecular weight is 315 g/mol. The van der Waals surface area contributed by atoms with E-state index in [1.54, 1.807) is 6.20 Å². The number of nitrogens with zero attached hydrogens (tertiary/aromatic N) is 2. The molecule has 2 amide bonds. The third-order valence-corrected chi connectivity index (χ3v) is 5.49. The molecular weight excluding hydrogens is 294 g/mol. The Morgan fingerprint density at radius 1 is 1.30 bits per heavy atom. The van der Waals surface area contributed by atoms with Crippen LogP contribution in [0.3, 0.4) is 0 Å². The Kier molecular flexibility index (Phi) is 3.37. The van der Waals surface area contributed by atoms with Gasteiger partial charge in [-0.1, -0.05) is 6.07 Å². The predicted octanol–water partition coefficient (Wildman–Crippen LogP) is 0.810. The normalized spacial score (nSPS) is 26.7. The average Bonchev–Trinajstić information content (AvgIpc) is 2.46. The van der Waals surface area contributed by atoms with Gasteiger partial charge in [0, 0.05) is 37.7 Å². The van der Waals surface area contributed by atoms with E-state index >= 15 is 0 Å². The van der Waals surface area contributed by atoms with Crippen molar-refractivity contribution in [2.24, 2.45) is 11.3 Å². The summed E-state index contributed by atoms with van der Waals surface area (Å²) in [6.07, 6.45) is 4.94. The van der Waals surface area contributed by atoms with Crippen LogP contribution in [0, 0.1) is 11.3 Å². The van der Waals surface area contributed by atoms with E-state index < -0.39 is 0 Å². The zero-order chi connectivity index (χ0) is 16.0. The number of hydrogen-bond donors (Lipinski definition) is 2. The number of anilines is 1. The van der Waals surface area contributed by atoms with Gasteiger partial charge in [-0.2, -0.15) is 0 Å². The summed E-state index contributed by atoms with van der Waals surface area (Å²) in [7, 11) is 0. The van der Waals surface area contributed by atoms with Gasteiger partial charge in [0.05, 0.1) is 5.92 Å². The molecule has 2 aliphatic heterocycles. The highest BCUT2D eigenvalue weighted by atomic mass is 16.3. The Morgan fingerprint density at radius 2 is 2.09 bits per heavy atom. The maximum atomic E-state index is 11.9. The van der Waals surface area contributed by atoms with Gasteiger partial charge < -0.3 is 10.0 Å². The quantitative estimate of drug-likeness (QED) is 0.807. The van der Waals surface area contributed by atoms with E-state index in [1.807, 2.05) is 12.1 Å². The topological polar surface area (TPSA) is 82.5 Å². The highest BCUT2D eigenvalue weighted by Crippen LogP contribution is 2.52. The third kappa shape index (κ3) is 2.51. The smallest absolute Gasteiger partial charge is 0.234 e. The lowest BCUT2D eigenvalue weighted by Crippen LogP contribution is -2.63. The fraction of sp³-hybridized carbons (Fsp3) is 0.588. The largest absolute Gasteiger partial charge is 0.396 e. The molecule has 23 heavy (non-hydrogen) atoms. The second kappa shape index (κ2) is 5.30.